The van der Waals surface area contributed by atoms with Crippen molar-refractivity contribution in [3.05, 3.63) is 34.5 Å². The summed E-state index contributed by atoms with van der Waals surface area (Å²) in [7, 11) is 1.76. The van der Waals surface area contributed by atoms with Crippen LogP contribution in [0.15, 0.2) is 29.0 Å². The molecule has 1 nitrogen and oxygen atoms in total. The monoisotopic (exact) mass is 220 g/mol. The molecule has 0 spiro atoms. The highest BCUT2D eigenvalue weighted by Crippen LogP contribution is 2.29. The summed E-state index contributed by atoms with van der Waals surface area (Å²) in [5.41, 5.74) is 4.29. The van der Waals surface area contributed by atoms with Gasteiger partial charge in [-0.05, 0) is 46.7 Å². The zero-order valence-corrected chi connectivity index (χ0v) is 9.85. The van der Waals surface area contributed by atoms with Crippen LogP contribution in [0, 0.1) is 0 Å². The molecule has 0 N–H and O–H groups in total. The van der Waals surface area contributed by atoms with E-state index in [1.165, 1.54) is 29.5 Å². The van der Waals surface area contributed by atoms with Gasteiger partial charge in [-0.1, -0.05) is 18.2 Å². The molecule has 0 unspecified atom stereocenters. The molecule has 2 rings (SSSR count). The Morgan fingerprint density at radius 3 is 3.00 bits per heavy atom. The van der Waals surface area contributed by atoms with Crippen LogP contribution in [0.1, 0.15) is 18.4 Å². The highest BCUT2D eigenvalue weighted by Gasteiger charge is 2.06. The maximum Gasteiger partial charge on any atom is 0.0462 e. The molecule has 2 aliphatic rings. The second-order valence-electron chi connectivity index (χ2n) is 3.74. The van der Waals surface area contributed by atoms with E-state index in [1.807, 2.05) is 0 Å². The van der Waals surface area contributed by atoms with Gasteiger partial charge in [0, 0.05) is 13.7 Å². The maximum absolute atomic E-state index is 5.05. The second-order valence-corrected chi connectivity index (χ2v) is 4.49. The standard InChI is InChI=1S/C13H16OS/c1-14-8-3-2-5-11-9-15-10-12-6-4-7-13(11)12/h4,6-7,9-10H,2-3,5,8H2,1H3. The van der Waals surface area contributed by atoms with Crippen molar-refractivity contribution in [1.82, 2.24) is 0 Å². The first-order valence-corrected chi connectivity index (χ1v) is 6.29. The normalized spacial score (nSPS) is 11.0. The highest BCUT2D eigenvalue weighted by atomic mass is 32.1. The van der Waals surface area contributed by atoms with Crippen molar-refractivity contribution < 1.29 is 4.74 Å². The summed E-state index contributed by atoms with van der Waals surface area (Å²) < 4.78 is 5.05. The summed E-state index contributed by atoms with van der Waals surface area (Å²) in [6.07, 6.45) is 3.53. The van der Waals surface area contributed by atoms with Gasteiger partial charge in [-0.3, -0.25) is 0 Å². The smallest absolute Gasteiger partial charge is 0.0462 e. The Labute approximate surface area is 95.0 Å². The van der Waals surface area contributed by atoms with E-state index in [2.05, 4.69) is 29.0 Å². The van der Waals surface area contributed by atoms with E-state index in [4.69, 9.17) is 4.74 Å². The van der Waals surface area contributed by atoms with E-state index in [1.54, 1.807) is 18.4 Å². The lowest BCUT2D eigenvalue weighted by Crippen LogP contribution is -1.92. The van der Waals surface area contributed by atoms with E-state index in [9.17, 15) is 0 Å². The number of hydrogen-bond donors (Lipinski definition) is 0. The van der Waals surface area contributed by atoms with Crippen LogP contribution in [0.5, 0.6) is 0 Å². The van der Waals surface area contributed by atoms with Crippen molar-refractivity contribution in [3.8, 4) is 11.1 Å². The summed E-state index contributed by atoms with van der Waals surface area (Å²) in [6, 6.07) is 6.54. The minimum Gasteiger partial charge on any atom is -0.385 e. The van der Waals surface area contributed by atoms with Gasteiger partial charge in [0.25, 0.3) is 0 Å². The largest absolute Gasteiger partial charge is 0.385 e. The van der Waals surface area contributed by atoms with Gasteiger partial charge in [0.2, 0.25) is 0 Å². The molecule has 0 amide bonds. The van der Waals surface area contributed by atoms with Crippen LogP contribution >= 0.6 is 11.3 Å². The molecule has 80 valence electrons. The van der Waals surface area contributed by atoms with Crippen LogP contribution < -0.4 is 0 Å². The van der Waals surface area contributed by atoms with Crippen LogP contribution in [0.2, 0.25) is 0 Å². The number of ether oxygens (including phenoxy) is 1. The fourth-order valence-corrected chi connectivity index (χ4v) is 2.67. The summed E-state index contributed by atoms with van der Waals surface area (Å²) in [5.74, 6) is 0. The van der Waals surface area contributed by atoms with Crippen molar-refractivity contribution >= 4 is 11.3 Å². The Kier molecular flexibility index (Phi) is 3.75. The van der Waals surface area contributed by atoms with Crippen LogP contribution in [0.25, 0.3) is 11.1 Å². The minimum absolute atomic E-state index is 0.875. The number of fused-ring (bicyclic) bond motifs is 1. The zero-order valence-electron chi connectivity index (χ0n) is 9.03. The first-order valence-electron chi connectivity index (χ1n) is 5.34. The third kappa shape index (κ3) is 2.58. The maximum atomic E-state index is 5.05. The lowest BCUT2D eigenvalue weighted by molar-refractivity contribution is 0.193. The van der Waals surface area contributed by atoms with E-state index in [0.717, 1.165) is 13.0 Å². The quantitative estimate of drug-likeness (QED) is 0.696. The molecule has 0 atom stereocenters. The van der Waals surface area contributed by atoms with E-state index >= 15 is 0 Å². The van der Waals surface area contributed by atoms with Crippen LogP contribution in [0.4, 0.5) is 0 Å². The second kappa shape index (κ2) is 5.29. The van der Waals surface area contributed by atoms with Crippen molar-refractivity contribution in [1.29, 1.82) is 0 Å². The van der Waals surface area contributed by atoms with Crippen LogP contribution in [0.3, 0.4) is 0 Å². The molecule has 0 radical (unpaired) electrons. The molecule has 1 heterocycles. The Hall–Kier alpha value is -0.860. The van der Waals surface area contributed by atoms with Crippen molar-refractivity contribution in [3.63, 3.8) is 0 Å². The van der Waals surface area contributed by atoms with E-state index in [-0.39, 0.29) is 0 Å². The average molecular weight is 220 g/mol. The Balaban J connectivity index is 1.99. The average Bonchev–Trinajstić information content (AvgIpc) is 2.73. The number of hydrogen-bond acceptors (Lipinski definition) is 2. The minimum atomic E-state index is 0.875. The van der Waals surface area contributed by atoms with Gasteiger partial charge in [-0.15, -0.1) is 0 Å². The molecular formula is C13H16OS. The zero-order chi connectivity index (χ0) is 10.5. The van der Waals surface area contributed by atoms with E-state index < -0.39 is 0 Å². The fourth-order valence-electron chi connectivity index (χ4n) is 1.84. The molecule has 1 aliphatic carbocycles. The van der Waals surface area contributed by atoms with Gasteiger partial charge in [0.1, 0.15) is 0 Å². The summed E-state index contributed by atoms with van der Waals surface area (Å²) in [5, 5.41) is 4.49. The summed E-state index contributed by atoms with van der Waals surface area (Å²) >= 11 is 1.80. The molecule has 0 saturated carbocycles. The number of methoxy groups -OCH3 is 1. The molecule has 0 aromatic heterocycles. The van der Waals surface area contributed by atoms with E-state index in [0.29, 0.717) is 0 Å². The predicted molar refractivity (Wildman–Crippen MR) is 65.8 cm³/mol. The molecule has 0 fully saturated rings. The lowest BCUT2D eigenvalue weighted by atomic mass is 10.0. The van der Waals surface area contributed by atoms with Gasteiger partial charge in [0.15, 0.2) is 0 Å². The summed E-state index contributed by atoms with van der Waals surface area (Å²) in [6.45, 7) is 0.875. The topological polar surface area (TPSA) is 9.23 Å². The van der Waals surface area contributed by atoms with Gasteiger partial charge in [0.05, 0.1) is 0 Å². The van der Waals surface area contributed by atoms with Gasteiger partial charge in [-0.25, -0.2) is 0 Å². The van der Waals surface area contributed by atoms with Crippen molar-refractivity contribution in [2.75, 3.05) is 13.7 Å². The third-order valence-corrected chi connectivity index (χ3v) is 3.46. The summed E-state index contributed by atoms with van der Waals surface area (Å²) in [4.78, 5) is 0. The molecule has 1 aliphatic heterocycles. The first kappa shape index (κ1) is 10.7. The Bertz CT molecular complexity index is 380. The Morgan fingerprint density at radius 1 is 1.20 bits per heavy atom. The molecule has 15 heavy (non-hydrogen) atoms. The van der Waals surface area contributed by atoms with Gasteiger partial charge in [-0.2, -0.15) is 11.3 Å². The van der Waals surface area contributed by atoms with Gasteiger partial charge < -0.3 is 4.74 Å². The van der Waals surface area contributed by atoms with Gasteiger partial charge >= 0.3 is 0 Å². The molecule has 0 saturated heterocycles. The third-order valence-electron chi connectivity index (χ3n) is 2.65. The van der Waals surface area contributed by atoms with Crippen molar-refractivity contribution in [2.24, 2.45) is 0 Å². The van der Waals surface area contributed by atoms with Crippen molar-refractivity contribution in [2.45, 2.75) is 19.3 Å². The molecule has 2 heteroatoms. The molecule has 0 aromatic carbocycles. The van der Waals surface area contributed by atoms with Crippen LogP contribution in [-0.2, 0) is 11.2 Å². The first-order chi connectivity index (χ1) is 7.42. The molecule has 0 aromatic rings. The Morgan fingerprint density at radius 2 is 2.13 bits per heavy atom. The number of rotatable bonds is 5. The molecule has 0 bridgehead atoms. The van der Waals surface area contributed by atoms with Crippen LogP contribution in [-0.4, -0.2) is 13.7 Å². The number of unbranched alkanes of at least 4 members (excludes halogenated alkanes) is 1. The predicted octanol–water partition coefficient (Wildman–Crippen LogP) is 3.82. The SMILES string of the molecule is COCCCCc1cscc2cccc1-2. The highest BCUT2D eigenvalue weighted by molar-refractivity contribution is 7.08. The molecular weight excluding hydrogens is 204 g/mol. The lowest BCUT2D eigenvalue weighted by Gasteiger charge is -2.06. The fraction of sp³-hybridized carbons (Fsp3) is 0.385. The number of aryl methyl sites for hydroxylation is 1.